The summed E-state index contributed by atoms with van der Waals surface area (Å²) in [6.45, 7) is 0. The van der Waals surface area contributed by atoms with Gasteiger partial charge in [0.1, 0.15) is 11.6 Å². The number of para-hydroxylation sites is 2. The summed E-state index contributed by atoms with van der Waals surface area (Å²) in [4.78, 5) is 24.7. The average Bonchev–Trinajstić information content (AvgIpc) is 2.70. The number of hydrogen-bond donors (Lipinski definition) is 2. The van der Waals surface area contributed by atoms with Gasteiger partial charge in [-0.15, -0.1) is 0 Å². The van der Waals surface area contributed by atoms with Crippen molar-refractivity contribution in [3.05, 3.63) is 88.1 Å². The summed E-state index contributed by atoms with van der Waals surface area (Å²) in [6.07, 6.45) is 0. The Morgan fingerprint density at radius 3 is 2.36 bits per heavy atom. The molecule has 0 aliphatic rings. The first-order valence-corrected chi connectivity index (χ1v) is 9.08. The van der Waals surface area contributed by atoms with Crippen LogP contribution in [0.25, 0.3) is 0 Å². The van der Waals surface area contributed by atoms with Gasteiger partial charge in [0, 0.05) is 15.7 Å². The van der Waals surface area contributed by atoms with Gasteiger partial charge in [0.2, 0.25) is 0 Å². The number of rotatable bonds is 5. The Morgan fingerprint density at radius 2 is 1.64 bits per heavy atom. The van der Waals surface area contributed by atoms with Gasteiger partial charge >= 0.3 is 0 Å². The molecule has 0 bridgehead atoms. The van der Waals surface area contributed by atoms with Crippen LogP contribution in [0.1, 0.15) is 20.7 Å². The van der Waals surface area contributed by atoms with E-state index in [-0.39, 0.29) is 11.5 Å². The van der Waals surface area contributed by atoms with Gasteiger partial charge in [-0.2, -0.15) is 0 Å². The lowest BCUT2D eigenvalue weighted by atomic mass is 10.1. The van der Waals surface area contributed by atoms with Crippen LogP contribution < -0.4 is 15.4 Å². The summed E-state index contributed by atoms with van der Waals surface area (Å²) in [5.41, 5.74) is 1.32. The van der Waals surface area contributed by atoms with Gasteiger partial charge in [-0.25, -0.2) is 4.39 Å². The summed E-state index contributed by atoms with van der Waals surface area (Å²) in [5, 5.41) is 5.38. The number of benzene rings is 3. The number of carbonyl (C=O) groups is 2. The van der Waals surface area contributed by atoms with Crippen LogP contribution in [0.15, 0.2) is 71.2 Å². The van der Waals surface area contributed by atoms with Gasteiger partial charge < -0.3 is 15.4 Å². The number of hydrogen-bond acceptors (Lipinski definition) is 3. The van der Waals surface area contributed by atoms with Gasteiger partial charge in [-0.3, -0.25) is 9.59 Å². The lowest BCUT2D eigenvalue weighted by molar-refractivity contribution is 0.101. The maximum atomic E-state index is 13.8. The van der Waals surface area contributed by atoms with Crippen molar-refractivity contribution in [3.8, 4) is 5.75 Å². The van der Waals surface area contributed by atoms with Crippen LogP contribution in [-0.2, 0) is 0 Å². The number of amides is 2. The fourth-order valence-electron chi connectivity index (χ4n) is 2.52. The Bertz CT molecular complexity index is 1020. The lowest BCUT2D eigenvalue weighted by Gasteiger charge is -2.10. The minimum atomic E-state index is -0.617. The molecule has 0 unspecified atom stereocenters. The number of methoxy groups -OCH3 is 1. The zero-order valence-electron chi connectivity index (χ0n) is 14.8. The van der Waals surface area contributed by atoms with Gasteiger partial charge in [-0.1, -0.05) is 28.1 Å². The van der Waals surface area contributed by atoms with Crippen molar-refractivity contribution in [2.75, 3.05) is 17.7 Å². The number of nitrogens with one attached hydrogen (secondary N) is 2. The van der Waals surface area contributed by atoms with Crippen molar-refractivity contribution in [1.82, 2.24) is 0 Å². The molecule has 0 atom stereocenters. The fraction of sp³-hybridized carbons (Fsp3) is 0.0476. The van der Waals surface area contributed by atoms with Crippen LogP contribution in [0, 0.1) is 5.82 Å². The van der Waals surface area contributed by atoms with E-state index >= 15 is 0 Å². The first kappa shape index (κ1) is 19.6. The highest BCUT2D eigenvalue weighted by Crippen LogP contribution is 2.24. The van der Waals surface area contributed by atoms with Crippen LogP contribution in [-0.4, -0.2) is 18.9 Å². The molecule has 0 aliphatic heterocycles. The Balaban J connectivity index is 1.70. The van der Waals surface area contributed by atoms with Crippen LogP contribution in [0.3, 0.4) is 0 Å². The minimum absolute atomic E-state index is 0.0765. The quantitative estimate of drug-likeness (QED) is 0.577. The third-order valence-corrected chi connectivity index (χ3v) is 4.43. The van der Waals surface area contributed by atoms with Gasteiger partial charge in [0.05, 0.1) is 18.4 Å². The van der Waals surface area contributed by atoms with Crippen molar-refractivity contribution in [2.45, 2.75) is 0 Å². The van der Waals surface area contributed by atoms with E-state index in [9.17, 15) is 14.0 Å². The maximum Gasteiger partial charge on any atom is 0.258 e. The zero-order valence-corrected chi connectivity index (χ0v) is 16.4. The molecule has 28 heavy (non-hydrogen) atoms. The molecule has 0 fully saturated rings. The highest BCUT2D eigenvalue weighted by Gasteiger charge is 2.13. The molecule has 0 aliphatic carbocycles. The molecule has 142 valence electrons. The fourth-order valence-corrected chi connectivity index (χ4v) is 2.88. The van der Waals surface area contributed by atoms with E-state index in [1.165, 1.54) is 25.3 Å². The molecule has 3 aromatic rings. The number of carbonyl (C=O) groups excluding carboxylic acids is 2. The molecule has 3 aromatic carbocycles. The summed E-state index contributed by atoms with van der Waals surface area (Å²) in [6, 6.07) is 17.5. The zero-order chi connectivity index (χ0) is 20.1. The molecule has 0 saturated heterocycles. The van der Waals surface area contributed by atoms with Crippen molar-refractivity contribution in [3.63, 3.8) is 0 Å². The number of halogens is 2. The molecular weight excluding hydrogens is 427 g/mol. The topological polar surface area (TPSA) is 67.4 Å². The first-order valence-electron chi connectivity index (χ1n) is 8.29. The Morgan fingerprint density at radius 1 is 0.929 bits per heavy atom. The van der Waals surface area contributed by atoms with Crippen molar-refractivity contribution >= 4 is 39.1 Å². The highest BCUT2D eigenvalue weighted by atomic mass is 79.9. The molecular formula is C21H16BrFN2O3. The van der Waals surface area contributed by atoms with Gasteiger partial charge in [-0.05, 0) is 54.6 Å². The third-order valence-electron chi connectivity index (χ3n) is 3.93. The molecule has 7 heteroatoms. The van der Waals surface area contributed by atoms with Gasteiger partial charge in [0.15, 0.2) is 0 Å². The summed E-state index contributed by atoms with van der Waals surface area (Å²) in [7, 11) is 1.52. The molecule has 0 saturated carbocycles. The predicted molar refractivity (Wildman–Crippen MR) is 109 cm³/mol. The molecule has 0 aromatic heterocycles. The molecule has 5 nitrogen and oxygen atoms in total. The summed E-state index contributed by atoms with van der Waals surface area (Å²) < 4.78 is 19.6. The average molecular weight is 443 g/mol. The van der Waals surface area contributed by atoms with Crippen LogP contribution in [0.2, 0.25) is 0 Å². The largest absolute Gasteiger partial charge is 0.495 e. The van der Waals surface area contributed by atoms with Crippen molar-refractivity contribution in [2.24, 2.45) is 0 Å². The van der Waals surface area contributed by atoms with Gasteiger partial charge in [0.25, 0.3) is 11.8 Å². The van der Waals surface area contributed by atoms with E-state index in [1.807, 2.05) is 0 Å². The van der Waals surface area contributed by atoms with Crippen molar-refractivity contribution < 1.29 is 18.7 Å². The maximum absolute atomic E-state index is 13.8. The molecule has 3 rings (SSSR count). The lowest BCUT2D eigenvalue weighted by Crippen LogP contribution is -2.15. The smallest absolute Gasteiger partial charge is 0.258 e. The second-order valence-corrected chi connectivity index (χ2v) is 6.73. The number of anilines is 2. The Labute approximate surface area is 169 Å². The second-order valence-electron chi connectivity index (χ2n) is 5.81. The summed E-state index contributed by atoms with van der Waals surface area (Å²) >= 11 is 3.21. The van der Waals surface area contributed by atoms with E-state index < -0.39 is 11.7 Å². The predicted octanol–water partition coefficient (Wildman–Crippen LogP) is 5.10. The van der Waals surface area contributed by atoms with Crippen LogP contribution >= 0.6 is 15.9 Å². The molecule has 2 N–H and O–H groups in total. The van der Waals surface area contributed by atoms with Crippen LogP contribution in [0.4, 0.5) is 15.8 Å². The third kappa shape index (κ3) is 4.55. The minimum Gasteiger partial charge on any atom is -0.495 e. The van der Waals surface area contributed by atoms with Crippen molar-refractivity contribution in [1.29, 1.82) is 0 Å². The molecule has 0 spiro atoms. The highest BCUT2D eigenvalue weighted by molar-refractivity contribution is 9.10. The van der Waals surface area contributed by atoms with E-state index in [0.29, 0.717) is 27.2 Å². The standard InChI is InChI=1S/C21H16BrFN2O3/c1-28-19-5-3-2-4-18(19)25-20(26)13-6-9-15(10-7-13)24-21(27)16-12-14(22)8-11-17(16)23/h2-12H,1H3,(H,24,27)(H,25,26). The van der Waals surface area contributed by atoms with E-state index in [2.05, 4.69) is 26.6 Å². The Hall–Kier alpha value is -3.19. The normalized spacial score (nSPS) is 10.2. The molecule has 0 heterocycles. The molecule has 2 amide bonds. The first-order chi connectivity index (χ1) is 13.5. The van der Waals surface area contributed by atoms with E-state index in [0.717, 1.165) is 0 Å². The van der Waals surface area contributed by atoms with E-state index in [1.54, 1.807) is 48.5 Å². The summed E-state index contributed by atoms with van der Waals surface area (Å²) in [5.74, 6) is -0.963. The van der Waals surface area contributed by atoms with E-state index in [4.69, 9.17) is 4.74 Å². The number of ether oxygens (including phenoxy) is 1. The second kappa shape index (κ2) is 8.67. The van der Waals surface area contributed by atoms with Crippen LogP contribution in [0.5, 0.6) is 5.75 Å². The SMILES string of the molecule is COc1ccccc1NC(=O)c1ccc(NC(=O)c2cc(Br)ccc2F)cc1. The molecule has 0 radical (unpaired) electrons. The monoisotopic (exact) mass is 442 g/mol. The Kier molecular flexibility index (Phi) is 6.06.